The predicted molar refractivity (Wildman–Crippen MR) is 46.9 cm³/mol. The Hall–Kier alpha value is -1.84. The number of nitrogen functional groups attached to an aromatic ring is 1. The fourth-order valence-corrected chi connectivity index (χ4v) is 1.11. The number of halogens is 1. The Bertz CT molecular complexity index is 518. The summed E-state index contributed by atoms with van der Waals surface area (Å²) in [4.78, 5) is 10.9. The largest absolute Gasteiger partial charge is 0.421 e. The van der Waals surface area contributed by atoms with Crippen LogP contribution in [0.5, 0.6) is 0 Å². The maximum Gasteiger partial charge on any atom is 0.359 e. The van der Waals surface area contributed by atoms with Gasteiger partial charge in [-0.3, -0.25) is 0 Å². The number of benzene rings is 1. The molecule has 0 aliphatic rings. The lowest BCUT2D eigenvalue weighted by molar-refractivity contribution is 0.562. The maximum atomic E-state index is 12.7. The zero-order valence-corrected chi connectivity index (χ0v) is 6.58. The van der Waals surface area contributed by atoms with Crippen LogP contribution >= 0.6 is 0 Å². The van der Waals surface area contributed by atoms with E-state index in [1.807, 2.05) is 0 Å². The van der Waals surface area contributed by atoms with Crippen LogP contribution in [0.3, 0.4) is 0 Å². The first-order valence-corrected chi connectivity index (χ1v) is 3.66. The molecule has 66 valence electrons. The summed E-state index contributed by atoms with van der Waals surface area (Å²) in [7, 11) is 0. The van der Waals surface area contributed by atoms with Crippen LogP contribution in [-0.2, 0) is 0 Å². The highest BCUT2D eigenvalue weighted by Gasteiger charge is 2.01. The number of rotatable bonds is 0. The lowest BCUT2D eigenvalue weighted by atomic mass is 10.2. The number of fused-ring (bicyclic) bond motifs is 1. The molecule has 1 aromatic carbocycles. The highest BCUT2D eigenvalue weighted by Crippen LogP contribution is 2.15. The highest BCUT2D eigenvalue weighted by atomic mass is 19.1. The molecule has 1 aromatic heterocycles. The first-order chi connectivity index (χ1) is 6.16. The molecule has 0 saturated carbocycles. The van der Waals surface area contributed by atoms with Gasteiger partial charge >= 0.3 is 5.63 Å². The van der Waals surface area contributed by atoms with Gasteiger partial charge in [-0.05, 0) is 24.3 Å². The van der Waals surface area contributed by atoms with E-state index in [0.717, 1.165) is 0 Å². The fourth-order valence-electron chi connectivity index (χ4n) is 1.11. The van der Waals surface area contributed by atoms with Crippen LogP contribution in [0.4, 0.5) is 10.1 Å². The molecular formula is C9H6FNO2. The molecule has 0 aliphatic heterocycles. The van der Waals surface area contributed by atoms with E-state index in [2.05, 4.69) is 0 Å². The molecule has 2 rings (SSSR count). The van der Waals surface area contributed by atoms with Crippen LogP contribution in [0.15, 0.2) is 33.5 Å². The van der Waals surface area contributed by atoms with Crippen molar-refractivity contribution >= 4 is 16.7 Å². The van der Waals surface area contributed by atoms with E-state index in [1.54, 1.807) is 0 Å². The van der Waals surface area contributed by atoms with Crippen molar-refractivity contribution < 1.29 is 8.81 Å². The van der Waals surface area contributed by atoms with Crippen LogP contribution in [-0.4, -0.2) is 0 Å². The standard InChI is InChI=1S/C9H6FNO2/c10-6-1-2-8-5(3-6)4-7(11)9(12)13-8/h1-4H,11H2. The molecule has 0 fully saturated rings. The number of anilines is 1. The molecule has 0 atom stereocenters. The van der Waals surface area contributed by atoms with Gasteiger partial charge in [0.2, 0.25) is 0 Å². The molecule has 0 amide bonds. The first-order valence-electron chi connectivity index (χ1n) is 3.66. The topological polar surface area (TPSA) is 56.2 Å². The van der Waals surface area contributed by atoms with E-state index in [4.69, 9.17) is 10.2 Å². The van der Waals surface area contributed by atoms with E-state index in [1.165, 1.54) is 24.3 Å². The van der Waals surface area contributed by atoms with Crippen LogP contribution in [0.1, 0.15) is 0 Å². The van der Waals surface area contributed by atoms with Crippen molar-refractivity contribution in [1.82, 2.24) is 0 Å². The Morgan fingerprint density at radius 1 is 1.31 bits per heavy atom. The Balaban J connectivity index is 2.89. The third-order valence-electron chi connectivity index (χ3n) is 1.72. The van der Waals surface area contributed by atoms with Gasteiger partial charge in [0.1, 0.15) is 17.1 Å². The van der Waals surface area contributed by atoms with Gasteiger partial charge in [-0.25, -0.2) is 9.18 Å². The molecule has 0 bridgehead atoms. The summed E-state index contributed by atoms with van der Waals surface area (Å²) in [6.07, 6.45) is 0. The number of hydrogen-bond acceptors (Lipinski definition) is 3. The molecule has 3 nitrogen and oxygen atoms in total. The SMILES string of the molecule is Nc1cc2cc(F)ccc2oc1=O. The summed E-state index contributed by atoms with van der Waals surface area (Å²) in [5.41, 5.74) is 5.03. The molecule has 0 radical (unpaired) electrons. The lowest BCUT2D eigenvalue weighted by Crippen LogP contribution is -2.05. The van der Waals surface area contributed by atoms with Gasteiger partial charge in [0.15, 0.2) is 0 Å². The van der Waals surface area contributed by atoms with Gasteiger partial charge in [-0.1, -0.05) is 0 Å². The summed E-state index contributed by atoms with van der Waals surface area (Å²) in [6, 6.07) is 5.27. The van der Waals surface area contributed by atoms with Crippen LogP contribution in [0, 0.1) is 5.82 Å². The van der Waals surface area contributed by atoms with Gasteiger partial charge in [-0.2, -0.15) is 0 Å². The number of hydrogen-bond donors (Lipinski definition) is 1. The van der Waals surface area contributed by atoms with Gasteiger partial charge in [0.05, 0.1) is 0 Å². The van der Waals surface area contributed by atoms with Crippen molar-refractivity contribution in [2.75, 3.05) is 5.73 Å². The summed E-state index contributed by atoms with van der Waals surface area (Å²) in [5, 5.41) is 0.483. The molecular weight excluding hydrogens is 173 g/mol. The Labute approximate surface area is 72.6 Å². The van der Waals surface area contributed by atoms with Crippen LogP contribution in [0.2, 0.25) is 0 Å². The second-order valence-corrected chi connectivity index (χ2v) is 2.67. The van der Waals surface area contributed by atoms with Crippen molar-refractivity contribution in [2.24, 2.45) is 0 Å². The van der Waals surface area contributed by atoms with Crippen LogP contribution in [0.25, 0.3) is 11.0 Å². The monoisotopic (exact) mass is 179 g/mol. The molecule has 4 heteroatoms. The van der Waals surface area contributed by atoms with Gasteiger partial charge in [0, 0.05) is 5.39 Å². The van der Waals surface area contributed by atoms with Crippen molar-refractivity contribution in [3.8, 4) is 0 Å². The average Bonchev–Trinajstić information content (AvgIpc) is 2.08. The fraction of sp³-hybridized carbons (Fsp3) is 0. The lowest BCUT2D eigenvalue weighted by Gasteiger charge is -1.96. The van der Waals surface area contributed by atoms with Crippen LogP contribution < -0.4 is 11.4 Å². The molecule has 0 spiro atoms. The summed E-state index contributed by atoms with van der Waals surface area (Å²) >= 11 is 0. The summed E-state index contributed by atoms with van der Waals surface area (Å²) in [5.74, 6) is -0.388. The molecule has 2 aromatic rings. The zero-order valence-electron chi connectivity index (χ0n) is 6.58. The first kappa shape index (κ1) is 7.79. The Morgan fingerprint density at radius 2 is 2.08 bits per heavy atom. The van der Waals surface area contributed by atoms with Crippen molar-refractivity contribution in [2.45, 2.75) is 0 Å². The predicted octanol–water partition coefficient (Wildman–Crippen LogP) is 1.51. The summed E-state index contributed by atoms with van der Waals surface area (Å²) < 4.78 is 17.5. The maximum absolute atomic E-state index is 12.7. The zero-order chi connectivity index (χ0) is 9.42. The van der Waals surface area contributed by atoms with Gasteiger partial charge in [-0.15, -0.1) is 0 Å². The van der Waals surface area contributed by atoms with E-state index in [9.17, 15) is 9.18 Å². The van der Waals surface area contributed by atoms with E-state index in [0.29, 0.717) is 11.0 Å². The minimum atomic E-state index is -0.598. The third kappa shape index (κ3) is 1.26. The minimum Gasteiger partial charge on any atom is -0.421 e. The molecule has 1 heterocycles. The van der Waals surface area contributed by atoms with Crippen molar-refractivity contribution in [3.63, 3.8) is 0 Å². The molecule has 0 saturated heterocycles. The molecule has 0 unspecified atom stereocenters. The highest BCUT2D eigenvalue weighted by molar-refractivity contribution is 5.78. The van der Waals surface area contributed by atoms with Gasteiger partial charge in [0.25, 0.3) is 0 Å². The minimum absolute atomic E-state index is 0.0156. The third-order valence-corrected chi connectivity index (χ3v) is 1.72. The van der Waals surface area contributed by atoms with Gasteiger partial charge < -0.3 is 10.2 Å². The van der Waals surface area contributed by atoms with E-state index in [-0.39, 0.29) is 11.5 Å². The molecule has 13 heavy (non-hydrogen) atoms. The Morgan fingerprint density at radius 3 is 2.85 bits per heavy atom. The Kier molecular flexibility index (Phi) is 1.55. The number of nitrogens with two attached hydrogens (primary N) is 1. The summed E-state index contributed by atoms with van der Waals surface area (Å²) in [6.45, 7) is 0. The average molecular weight is 179 g/mol. The van der Waals surface area contributed by atoms with E-state index >= 15 is 0 Å². The quantitative estimate of drug-likeness (QED) is 0.623. The smallest absolute Gasteiger partial charge is 0.359 e. The second kappa shape index (κ2) is 2.58. The molecule has 2 N–H and O–H groups in total. The normalized spacial score (nSPS) is 10.5. The van der Waals surface area contributed by atoms with E-state index < -0.39 is 5.63 Å². The van der Waals surface area contributed by atoms with Crippen molar-refractivity contribution in [1.29, 1.82) is 0 Å². The second-order valence-electron chi connectivity index (χ2n) is 2.67. The molecule has 0 aliphatic carbocycles. The van der Waals surface area contributed by atoms with Crippen molar-refractivity contribution in [3.05, 3.63) is 40.5 Å².